The Kier molecular flexibility index (Phi) is 6.49. The van der Waals surface area contributed by atoms with Gasteiger partial charge in [0.15, 0.2) is 12.7 Å². The van der Waals surface area contributed by atoms with Crippen LogP contribution in [0.2, 0.25) is 0 Å². The number of hydrogen-bond acceptors (Lipinski definition) is 2. The summed E-state index contributed by atoms with van der Waals surface area (Å²) in [6.45, 7) is 0. The smallest absolute Gasteiger partial charge is 0.171 e. The SMILES string of the molecule is O=P(c1ccccc1)(c1ccccc1)c1ccc(-n2c3ccccc3c3c4c5ccccc5oc4c4c(c5ccccc5n4-c4ccccc4)c32)cc1. The number of rotatable bonds is 5. The molecule has 0 saturated heterocycles. The zero-order valence-electron chi connectivity index (χ0n) is 28.6. The molecule has 4 nitrogen and oxygen atoms in total. The molecule has 53 heavy (non-hydrogen) atoms. The fourth-order valence-electron chi connectivity index (χ4n) is 8.53. The number of fused-ring (bicyclic) bond motifs is 12. The predicted octanol–water partition coefficient (Wildman–Crippen LogP) is 11.4. The number of hydrogen-bond donors (Lipinski definition) is 0. The Morgan fingerprint density at radius 1 is 0.377 bits per heavy atom. The molecular formula is C48H31N2O2P. The van der Waals surface area contributed by atoms with E-state index in [-0.39, 0.29) is 0 Å². The molecule has 3 aromatic heterocycles. The van der Waals surface area contributed by atoms with Crippen LogP contribution < -0.4 is 15.9 Å². The Hall–Kier alpha value is -6.61. The van der Waals surface area contributed by atoms with Gasteiger partial charge < -0.3 is 18.1 Å². The topological polar surface area (TPSA) is 40.1 Å². The van der Waals surface area contributed by atoms with Crippen molar-refractivity contribution in [2.75, 3.05) is 0 Å². The van der Waals surface area contributed by atoms with Gasteiger partial charge in [-0.3, -0.25) is 0 Å². The molecule has 0 saturated carbocycles. The number of furan rings is 1. The summed E-state index contributed by atoms with van der Waals surface area (Å²) in [7, 11) is -3.15. The van der Waals surface area contributed by atoms with E-state index in [1.54, 1.807) is 0 Å². The molecule has 250 valence electrons. The highest BCUT2D eigenvalue weighted by Gasteiger charge is 2.31. The van der Waals surface area contributed by atoms with Crippen LogP contribution in [-0.2, 0) is 4.57 Å². The van der Waals surface area contributed by atoms with Crippen molar-refractivity contribution in [2.24, 2.45) is 0 Å². The molecule has 0 aliphatic rings. The second kappa shape index (κ2) is 11.4. The van der Waals surface area contributed by atoms with Gasteiger partial charge in [-0.2, -0.15) is 0 Å². The van der Waals surface area contributed by atoms with Gasteiger partial charge in [-0.05, 0) is 54.6 Å². The largest absolute Gasteiger partial charge is 0.454 e. The van der Waals surface area contributed by atoms with Crippen molar-refractivity contribution < 1.29 is 8.98 Å². The summed E-state index contributed by atoms with van der Waals surface area (Å²) in [4.78, 5) is 0. The lowest BCUT2D eigenvalue weighted by Crippen LogP contribution is -2.24. The minimum Gasteiger partial charge on any atom is -0.454 e. The highest BCUT2D eigenvalue weighted by Crippen LogP contribution is 2.49. The quantitative estimate of drug-likeness (QED) is 0.168. The molecule has 0 atom stereocenters. The molecule has 0 aliphatic carbocycles. The predicted molar refractivity (Wildman–Crippen MR) is 222 cm³/mol. The van der Waals surface area contributed by atoms with Gasteiger partial charge in [0.05, 0.1) is 22.1 Å². The van der Waals surface area contributed by atoms with Crippen molar-refractivity contribution >= 4 is 88.6 Å². The maximum absolute atomic E-state index is 15.3. The molecule has 3 heterocycles. The summed E-state index contributed by atoms with van der Waals surface area (Å²) >= 11 is 0. The van der Waals surface area contributed by atoms with Crippen LogP contribution in [0.3, 0.4) is 0 Å². The van der Waals surface area contributed by atoms with Crippen molar-refractivity contribution in [3.63, 3.8) is 0 Å². The molecule has 0 aliphatic heterocycles. The van der Waals surface area contributed by atoms with E-state index >= 15 is 4.57 Å². The summed E-state index contributed by atoms with van der Waals surface area (Å²) in [5, 5.41) is 9.22. The van der Waals surface area contributed by atoms with Crippen molar-refractivity contribution in [2.45, 2.75) is 0 Å². The second-order valence-electron chi connectivity index (χ2n) is 13.6. The molecule has 11 rings (SSSR count). The molecule has 0 fully saturated rings. The van der Waals surface area contributed by atoms with E-state index in [1.807, 2.05) is 66.7 Å². The van der Waals surface area contributed by atoms with Gasteiger partial charge >= 0.3 is 0 Å². The number of nitrogens with zero attached hydrogens (tertiary/aromatic N) is 2. The fraction of sp³-hybridized carbons (Fsp3) is 0. The standard InChI is InChI=1S/C48H31N2O2P/c51-53(34-18-6-2-7-19-34,35-20-8-3-9-21-35)36-30-28-33(29-31-36)49-40-25-13-10-22-37(40)43-44-39-24-12-15-27-42(39)52-48(44)47-45(46(43)49)38-23-11-14-26-41(38)50(47)32-16-4-1-5-17-32/h1-31H. The van der Waals surface area contributed by atoms with Crippen LogP contribution in [0.5, 0.6) is 0 Å². The number of benzene rings is 8. The van der Waals surface area contributed by atoms with Crippen LogP contribution >= 0.6 is 7.14 Å². The lowest BCUT2D eigenvalue weighted by Gasteiger charge is -2.20. The third-order valence-corrected chi connectivity index (χ3v) is 13.8. The van der Waals surface area contributed by atoms with E-state index in [9.17, 15) is 0 Å². The summed E-state index contributed by atoms with van der Waals surface area (Å²) in [6.07, 6.45) is 0. The third-order valence-electron chi connectivity index (χ3n) is 10.8. The first-order valence-electron chi connectivity index (χ1n) is 17.9. The van der Waals surface area contributed by atoms with E-state index in [4.69, 9.17) is 4.42 Å². The third kappa shape index (κ3) is 4.21. The van der Waals surface area contributed by atoms with Gasteiger partial charge in [0.2, 0.25) is 0 Å². The summed E-state index contributed by atoms with van der Waals surface area (Å²) in [5.41, 5.74) is 8.17. The van der Waals surface area contributed by atoms with Crippen LogP contribution in [-0.4, -0.2) is 9.13 Å². The van der Waals surface area contributed by atoms with E-state index in [0.717, 1.165) is 92.8 Å². The Bertz CT molecular complexity index is 3190. The molecule has 0 bridgehead atoms. The normalized spacial score (nSPS) is 12.2. The maximum atomic E-state index is 15.3. The van der Waals surface area contributed by atoms with E-state index in [1.165, 1.54) is 0 Å². The second-order valence-corrected chi connectivity index (χ2v) is 16.4. The summed E-state index contributed by atoms with van der Waals surface area (Å²) < 4.78 is 27.0. The zero-order valence-corrected chi connectivity index (χ0v) is 29.5. The first-order valence-corrected chi connectivity index (χ1v) is 19.6. The van der Waals surface area contributed by atoms with Crippen LogP contribution in [0.1, 0.15) is 0 Å². The lowest BCUT2D eigenvalue weighted by molar-refractivity contribution is 0.592. The average molecular weight is 699 g/mol. The van der Waals surface area contributed by atoms with E-state index in [0.29, 0.717) is 0 Å². The molecule has 0 unspecified atom stereocenters. The molecule has 0 radical (unpaired) electrons. The zero-order chi connectivity index (χ0) is 35.1. The highest BCUT2D eigenvalue weighted by molar-refractivity contribution is 7.85. The Morgan fingerprint density at radius 3 is 1.45 bits per heavy atom. The van der Waals surface area contributed by atoms with Crippen LogP contribution in [0.4, 0.5) is 0 Å². The van der Waals surface area contributed by atoms with Gasteiger partial charge in [-0.25, -0.2) is 0 Å². The minimum absolute atomic E-state index is 0.800. The monoisotopic (exact) mass is 698 g/mol. The maximum Gasteiger partial charge on any atom is 0.171 e. The van der Waals surface area contributed by atoms with Crippen molar-refractivity contribution in [1.82, 2.24) is 9.13 Å². The van der Waals surface area contributed by atoms with Gasteiger partial charge in [0.1, 0.15) is 5.58 Å². The highest BCUT2D eigenvalue weighted by atomic mass is 31.2. The Balaban J connectivity index is 1.29. The number of para-hydroxylation sites is 4. The molecule has 11 aromatic rings. The molecule has 0 amide bonds. The Morgan fingerprint density at radius 2 is 0.830 bits per heavy atom. The molecule has 8 aromatic carbocycles. The fourth-order valence-corrected chi connectivity index (χ4v) is 11.2. The first-order chi connectivity index (χ1) is 26.2. The van der Waals surface area contributed by atoms with Crippen molar-refractivity contribution in [3.05, 3.63) is 188 Å². The van der Waals surface area contributed by atoms with Crippen molar-refractivity contribution in [3.8, 4) is 11.4 Å². The minimum atomic E-state index is -3.15. The lowest BCUT2D eigenvalue weighted by atomic mass is 10.0. The molecule has 0 N–H and O–H groups in total. The van der Waals surface area contributed by atoms with Crippen LogP contribution in [0.25, 0.3) is 76.9 Å². The van der Waals surface area contributed by atoms with Gasteiger partial charge in [0, 0.05) is 59.6 Å². The first kappa shape index (κ1) is 30.1. The van der Waals surface area contributed by atoms with Crippen LogP contribution in [0.15, 0.2) is 192 Å². The van der Waals surface area contributed by atoms with E-state index < -0.39 is 7.14 Å². The van der Waals surface area contributed by atoms with Crippen molar-refractivity contribution in [1.29, 1.82) is 0 Å². The van der Waals surface area contributed by atoms with Gasteiger partial charge in [-0.1, -0.05) is 133 Å². The molecule has 0 spiro atoms. The van der Waals surface area contributed by atoms with Gasteiger partial charge in [0.25, 0.3) is 0 Å². The van der Waals surface area contributed by atoms with Gasteiger partial charge in [-0.15, -0.1) is 0 Å². The van der Waals surface area contributed by atoms with Crippen LogP contribution in [0, 0.1) is 0 Å². The van der Waals surface area contributed by atoms with E-state index in [2.05, 4.69) is 130 Å². The Labute approximate surface area is 305 Å². The molecule has 5 heteroatoms. The summed E-state index contributed by atoms with van der Waals surface area (Å²) in [6, 6.07) is 64.4. The average Bonchev–Trinajstić information content (AvgIpc) is 3.90. The molecular weight excluding hydrogens is 668 g/mol. The number of aromatic nitrogens is 2. The summed E-state index contributed by atoms with van der Waals surface area (Å²) in [5.74, 6) is 0.